The van der Waals surface area contributed by atoms with Crippen molar-refractivity contribution in [1.82, 2.24) is 29.8 Å². The van der Waals surface area contributed by atoms with E-state index in [-0.39, 0.29) is 6.03 Å². The van der Waals surface area contributed by atoms with Gasteiger partial charge in [0.1, 0.15) is 0 Å². The van der Waals surface area contributed by atoms with Crippen molar-refractivity contribution in [3.8, 4) is 10.7 Å². The summed E-state index contributed by atoms with van der Waals surface area (Å²) in [7, 11) is 0. The molecule has 1 aliphatic rings. The summed E-state index contributed by atoms with van der Waals surface area (Å²) in [6, 6.07) is 12.0. The van der Waals surface area contributed by atoms with Crippen LogP contribution in [0.1, 0.15) is 6.42 Å². The number of fused-ring (bicyclic) bond motifs is 3. The predicted molar refractivity (Wildman–Crippen MR) is 124 cm³/mol. The third kappa shape index (κ3) is 3.61. The van der Waals surface area contributed by atoms with E-state index in [4.69, 9.17) is 4.98 Å². The van der Waals surface area contributed by atoms with E-state index in [9.17, 15) is 4.79 Å². The SMILES string of the molecule is C=CCNC(=O)N1CCCN(c2nc3ccccc3c3nnc(-c4cccs4)n23)CC1. The molecular weight excluding hydrogens is 410 g/mol. The van der Waals surface area contributed by atoms with Crippen LogP contribution in [0.4, 0.5) is 10.7 Å². The van der Waals surface area contributed by atoms with Crippen molar-refractivity contribution in [3.63, 3.8) is 0 Å². The van der Waals surface area contributed by atoms with Crippen molar-refractivity contribution in [2.24, 2.45) is 0 Å². The topological polar surface area (TPSA) is 78.7 Å². The third-order valence-corrected chi connectivity index (χ3v) is 6.30. The molecular formula is C22H23N7OS. The fourth-order valence-electron chi connectivity index (χ4n) is 3.94. The van der Waals surface area contributed by atoms with E-state index in [1.165, 1.54) is 0 Å². The number of para-hydroxylation sites is 1. The highest BCUT2D eigenvalue weighted by atomic mass is 32.1. The second kappa shape index (κ2) is 8.35. The summed E-state index contributed by atoms with van der Waals surface area (Å²) in [5, 5.41) is 14.9. The van der Waals surface area contributed by atoms with Crippen molar-refractivity contribution in [1.29, 1.82) is 0 Å². The number of hydrogen-bond donors (Lipinski definition) is 1. The molecule has 158 valence electrons. The Bertz CT molecular complexity index is 1230. The lowest BCUT2D eigenvalue weighted by Gasteiger charge is -2.24. The number of rotatable bonds is 4. The quantitative estimate of drug-likeness (QED) is 0.499. The van der Waals surface area contributed by atoms with Gasteiger partial charge in [0.2, 0.25) is 5.95 Å². The molecule has 4 aromatic rings. The van der Waals surface area contributed by atoms with Crippen LogP contribution in [0.3, 0.4) is 0 Å². The van der Waals surface area contributed by atoms with Gasteiger partial charge in [0.15, 0.2) is 11.5 Å². The highest BCUT2D eigenvalue weighted by Crippen LogP contribution is 2.30. The molecule has 9 heteroatoms. The number of nitrogens with one attached hydrogen (secondary N) is 1. The largest absolute Gasteiger partial charge is 0.340 e. The van der Waals surface area contributed by atoms with Crippen LogP contribution in [-0.4, -0.2) is 63.2 Å². The molecule has 1 aliphatic heterocycles. The first-order valence-electron chi connectivity index (χ1n) is 10.3. The number of benzene rings is 1. The Morgan fingerprint density at radius 2 is 2.03 bits per heavy atom. The summed E-state index contributed by atoms with van der Waals surface area (Å²) in [6.07, 6.45) is 2.55. The minimum Gasteiger partial charge on any atom is -0.340 e. The second-order valence-corrected chi connectivity index (χ2v) is 8.34. The maximum atomic E-state index is 12.4. The van der Waals surface area contributed by atoms with Gasteiger partial charge in [0.25, 0.3) is 0 Å². The monoisotopic (exact) mass is 433 g/mol. The first-order valence-corrected chi connectivity index (χ1v) is 11.2. The molecule has 1 N–H and O–H groups in total. The minimum atomic E-state index is -0.0538. The highest BCUT2D eigenvalue weighted by Gasteiger charge is 2.24. The lowest BCUT2D eigenvalue weighted by Crippen LogP contribution is -2.42. The lowest BCUT2D eigenvalue weighted by molar-refractivity contribution is 0.202. The van der Waals surface area contributed by atoms with E-state index < -0.39 is 0 Å². The molecule has 0 atom stereocenters. The van der Waals surface area contributed by atoms with E-state index in [0.717, 1.165) is 46.2 Å². The molecule has 0 unspecified atom stereocenters. The standard InChI is InChI=1S/C22H23N7OS/c1-2-10-23-22(30)28-12-6-11-27(13-14-28)21-24-17-8-4-3-7-16(17)19-25-26-20(29(19)21)18-9-5-15-31-18/h2-5,7-9,15H,1,6,10-14H2,(H,23,30). The number of thiophene rings is 1. The molecule has 0 bridgehead atoms. The van der Waals surface area contributed by atoms with Crippen LogP contribution < -0.4 is 10.2 Å². The molecule has 8 nitrogen and oxygen atoms in total. The maximum absolute atomic E-state index is 12.4. The van der Waals surface area contributed by atoms with Gasteiger partial charge in [-0.05, 0) is 30.0 Å². The fourth-order valence-corrected chi connectivity index (χ4v) is 4.63. The van der Waals surface area contributed by atoms with Crippen LogP contribution in [0, 0.1) is 0 Å². The number of anilines is 1. The van der Waals surface area contributed by atoms with Gasteiger partial charge in [-0.1, -0.05) is 24.3 Å². The van der Waals surface area contributed by atoms with Gasteiger partial charge in [-0.2, -0.15) is 0 Å². The van der Waals surface area contributed by atoms with Gasteiger partial charge in [-0.25, -0.2) is 14.2 Å². The maximum Gasteiger partial charge on any atom is 0.317 e. The molecule has 0 radical (unpaired) electrons. The average Bonchev–Trinajstić information content (AvgIpc) is 3.42. The zero-order valence-electron chi connectivity index (χ0n) is 17.1. The van der Waals surface area contributed by atoms with Crippen LogP contribution in [-0.2, 0) is 0 Å². The Kier molecular flexibility index (Phi) is 5.25. The van der Waals surface area contributed by atoms with Crippen molar-refractivity contribution in [3.05, 3.63) is 54.4 Å². The average molecular weight is 434 g/mol. The third-order valence-electron chi connectivity index (χ3n) is 5.43. The number of carbonyl (C=O) groups is 1. The van der Waals surface area contributed by atoms with Gasteiger partial charge >= 0.3 is 6.03 Å². The van der Waals surface area contributed by atoms with E-state index in [2.05, 4.69) is 31.4 Å². The molecule has 4 heterocycles. The first kappa shape index (κ1) is 19.5. The second-order valence-electron chi connectivity index (χ2n) is 7.39. The minimum absolute atomic E-state index is 0.0538. The van der Waals surface area contributed by atoms with Crippen molar-refractivity contribution < 1.29 is 4.79 Å². The number of hydrogen-bond acceptors (Lipinski definition) is 6. The lowest BCUT2D eigenvalue weighted by atomic mass is 10.2. The van der Waals surface area contributed by atoms with Gasteiger partial charge in [-0.15, -0.1) is 28.1 Å². The molecule has 1 fully saturated rings. The molecule has 0 aliphatic carbocycles. The number of aromatic nitrogens is 4. The van der Waals surface area contributed by atoms with Gasteiger partial charge in [-0.3, -0.25) is 0 Å². The van der Waals surface area contributed by atoms with Gasteiger partial charge in [0, 0.05) is 38.1 Å². The molecule has 31 heavy (non-hydrogen) atoms. The summed E-state index contributed by atoms with van der Waals surface area (Å²) in [5.74, 6) is 1.61. The van der Waals surface area contributed by atoms with Gasteiger partial charge in [0.05, 0.1) is 10.4 Å². The Morgan fingerprint density at radius 1 is 1.13 bits per heavy atom. The zero-order chi connectivity index (χ0) is 21.2. The molecule has 3 aromatic heterocycles. The van der Waals surface area contributed by atoms with E-state index >= 15 is 0 Å². The number of urea groups is 1. The summed E-state index contributed by atoms with van der Waals surface area (Å²) in [6.45, 7) is 6.94. The number of nitrogens with zero attached hydrogens (tertiary/aromatic N) is 6. The molecule has 1 saturated heterocycles. The summed E-state index contributed by atoms with van der Waals surface area (Å²) >= 11 is 1.63. The first-order chi connectivity index (χ1) is 15.3. The Morgan fingerprint density at radius 3 is 2.87 bits per heavy atom. The van der Waals surface area contributed by atoms with E-state index in [1.54, 1.807) is 17.4 Å². The number of carbonyl (C=O) groups excluding carboxylic acids is 1. The Labute approximate surface area is 183 Å². The molecule has 5 rings (SSSR count). The predicted octanol–water partition coefficient (Wildman–Crippen LogP) is 3.41. The van der Waals surface area contributed by atoms with Crippen LogP contribution >= 0.6 is 11.3 Å². The van der Waals surface area contributed by atoms with Gasteiger partial charge < -0.3 is 15.1 Å². The van der Waals surface area contributed by atoms with Crippen molar-refractivity contribution >= 4 is 39.9 Å². The van der Waals surface area contributed by atoms with E-state index in [0.29, 0.717) is 26.2 Å². The van der Waals surface area contributed by atoms with Crippen molar-refractivity contribution in [2.75, 3.05) is 37.6 Å². The molecule has 1 aromatic carbocycles. The number of amides is 2. The zero-order valence-corrected chi connectivity index (χ0v) is 17.9. The molecule has 0 saturated carbocycles. The van der Waals surface area contributed by atoms with Crippen molar-refractivity contribution in [2.45, 2.75) is 6.42 Å². The molecule has 0 spiro atoms. The fraction of sp³-hybridized carbons (Fsp3) is 0.273. The summed E-state index contributed by atoms with van der Waals surface area (Å²) < 4.78 is 2.06. The van der Waals surface area contributed by atoms with E-state index in [1.807, 2.05) is 46.7 Å². The highest BCUT2D eigenvalue weighted by molar-refractivity contribution is 7.13. The van der Waals surface area contributed by atoms with Crippen LogP contribution in [0.2, 0.25) is 0 Å². The summed E-state index contributed by atoms with van der Waals surface area (Å²) in [4.78, 5) is 22.6. The molecule has 2 amide bonds. The Hall–Kier alpha value is -3.46. The van der Waals surface area contributed by atoms with Crippen LogP contribution in [0.5, 0.6) is 0 Å². The smallest absolute Gasteiger partial charge is 0.317 e. The van der Waals surface area contributed by atoms with Crippen LogP contribution in [0.25, 0.3) is 27.3 Å². The summed E-state index contributed by atoms with van der Waals surface area (Å²) in [5.41, 5.74) is 1.69. The van der Waals surface area contributed by atoms with Crippen LogP contribution in [0.15, 0.2) is 54.4 Å². The normalized spacial score (nSPS) is 14.7. The Balaban J connectivity index is 1.56.